The average Bonchev–Trinajstić information content (AvgIpc) is 3.29. The number of hydrogen-bond acceptors (Lipinski definition) is 6. The first-order valence-electron chi connectivity index (χ1n) is 8.13. The van der Waals surface area contributed by atoms with Crippen LogP contribution in [0.15, 0.2) is 75.8 Å². The van der Waals surface area contributed by atoms with Crippen LogP contribution in [0.3, 0.4) is 0 Å². The van der Waals surface area contributed by atoms with E-state index in [0.717, 1.165) is 0 Å². The van der Waals surface area contributed by atoms with Crippen LogP contribution >= 0.6 is 0 Å². The Balaban J connectivity index is 1.66. The van der Waals surface area contributed by atoms with Crippen LogP contribution in [0.1, 0.15) is 11.3 Å². The number of ether oxygens (including phenoxy) is 1. The number of rotatable bonds is 4. The molecule has 0 unspecified atom stereocenters. The van der Waals surface area contributed by atoms with Crippen LogP contribution in [0, 0.1) is 15.9 Å². The van der Waals surface area contributed by atoms with Gasteiger partial charge in [0.15, 0.2) is 5.70 Å². The van der Waals surface area contributed by atoms with Gasteiger partial charge < -0.3 is 9.15 Å². The molecule has 1 aliphatic heterocycles. The summed E-state index contributed by atoms with van der Waals surface area (Å²) in [5.41, 5.74) is 0.525. The molecule has 0 fully saturated rings. The number of esters is 1. The van der Waals surface area contributed by atoms with E-state index in [4.69, 9.17) is 9.15 Å². The highest BCUT2D eigenvalue weighted by molar-refractivity contribution is 6.12. The third-order valence-electron chi connectivity index (χ3n) is 3.96. The lowest BCUT2D eigenvalue weighted by Gasteiger charge is -1.98. The van der Waals surface area contributed by atoms with Gasteiger partial charge >= 0.3 is 5.97 Å². The SMILES string of the molecule is O=C1OC(c2cccc(F)c2)=N/C1=C/c1ccc(-c2ccccc2[N+](=O)[O-])o1. The molecule has 0 saturated heterocycles. The van der Waals surface area contributed by atoms with Gasteiger partial charge in [-0.2, -0.15) is 0 Å². The maximum absolute atomic E-state index is 13.3. The minimum atomic E-state index is -0.706. The Morgan fingerprint density at radius 2 is 1.89 bits per heavy atom. The number of benzene rings is 2. The highest BCUT2D eigenvalue weighted by Gasteiger charge is 2.25. The number of furan rings is 1. The summed E-state index contributed by atoms with van der Waals surface area (Å²) in [6.45, 7) is 0. The first-order valence-corrected chi connectivity index (χ1v) is 8.13. The van der Waals surface area contributed by atoms with Gasteiger partial charge in [0.1, 0.15) is 17.3 Å². The summed E-state index contributed by atoms with van der Waals surface area (Å²) in [5, 5.41) is 11.2. The van der Waals surface area contributed by atoms with Gasteiger partial charge in [0.2, 0.25) is 5.90 Å². The molecule has 7 nitrogen and oxygen atoms in total. The van der Waals surface area contributed by atoms with E-state index in [1.807, 2.05) is 0 Å². The van der Waals surface area contributed by atoms with Crippen molar-refractivity contribution in [1.82, 2.24) is 0 Å². The zero-order valence-corrected chi connectivity index (χ0v) is 14.2. The van der Waals surface area contributed by atoms with Gasteiger partial charge in [0.05, 0.1) is 10.5 Å². The third-order valence-corrected chi connectivity index (χ3v) is 3.96. The monoisotopic (exact) mass is 378 g/mol. The molecule has 0 aliphatic carbocycles. The summed E-state index contributed by atoms with van der Waals surface area (Å²) < 4.78 is 24.0. The summed E-state index contributed by atoms with van der Waals surface area (Å²) in [4.78, 5) is 26.8. The van der Waals surface area contributed by atoms with E-state index in [-0.39, 0.29) is 28.8 Å². The zero-order chi connectivity index (χ0) is 19.7. The number of aliphatic imine (C=N–C) groups is 1. The Hall–Kier alpha value is -4.07. The van der Waals surface area contributed by atoms with Gasteiger partial charge in [-0.1, -0.05) is 18.2 Å². The molecule has 0 radical (unpaired) electrons. The molecule has 8 heteroatoms. The Bertz CT molecular complexity index is 1160. The van der Waals surface area contributed by atoms with Crippen molar-refractivity contribution in [3.05, 3.63) is 93.6 Å². The van der Waals surface area contributed by atoms with E-state index in [1.54, 1.807) is 36.4 Å². The van der Waals surface area contributed by atoms with E-state index in [9.17, 15) is 19.3 Å². The average molecular weight is 378 g/mol. The van der Waals surface area contributed by atoms with E-state index >= 15 is 0 Å². The van der Waals surface area contributed by atoms with Crippen molar-refractivity contribution in [2.24, 2.45) is 4.99 Å². The number of carbonyl (C=O) groups excluding carboxylic acids is 1. The summed E-state index contributed by atoms with van der Waals surface area (Å²) in [6.07, 6.45) is 1.35. The van der Waals surface area contributed by atoms with E-state index < -0.39 is 16.7 Å². The Morgan fingerprint density at radius 1 is 1.07 bits per heavy atom. The van der Waals surface area contributed by atoms with Crippen LogP contribution in [0.2, 0.25) is 0 Å². The normalized spacial score (nSPS) is 14.8. The second-order valence-electron chi connectivity index (χ2n) is 5.82. The highest BCUT2D eigenvalue weighted by Crippen LogP contribution is 2.31. The summed E-state index contributed by atoms with van der Waals surface area (Å²) >= 11 is 0. The van der Waals surface area contributed by atoms with E-state index in [1.165, 1.54) is 30.3 Å². The first kappa shape index (κ1) is 17.3. The number of carbonyl (C=O) groups is 1. The second kappa shape index (κ2) is 6.92. The number of hydrogen-bond donors (Lipinski definition) is 0. The van der Waals surface area contributed by atoms with Crippen LogP contribution in [-0.2, 0) is 9.53 Å². The van der Waals surface area contributed by atoms with E-state index in [2.05, 4.69) is 4.99 Å². The van der Waals surface area contributed by atoms with Crippen LogP contribution in [0.25, 0.3) is 17.4 Å². The number of cyclic esters (lactones) is 1. The molecule has 0 spiro atoms. The molecule has 0 bridgehead atoms. The molecule has 3 aromatic rings. The minimum absolute atomic E-state index is 0.0128. The smallest absolute Gasteiger partial charge is 0.363 e. The molecule has 28 heavy (non-hydrogen) atoms. The van der Waals surface area contributed by atoms with Gasteiger partial charge in [0, 0.05) is 17.7 Å². The summed E-state index contributed by atoms with van der Waals surface area (Å²) in [5.74, 6) is -0.651. The van der Waals surface area contributed by atoms with Gasteiger partial charge in [0.25, 0.3) is 5.69 Å². The van der Waals surface area contributed by atoms with Crippen molar-refractivity contribution in [2.75, 3.05) is 0 Å². The standard InChI is InChI=1S/C20H11FN2O5/c21-13-5-3-4-12(10-13)19-22-16(20(24)28-19)11-14-8-9-18(27-14)15-6-1-2-7-17(15)23(25)26/h1-11H/b16-11+. The molecule has 138 valence electrons. The quantitative estimate of drug-likeness (QED) is 0.291. The fourth-order valence-corrected chi connectivity index (χ4v) is 2.71. The highest BCUT2D eigenvalue weighted by atomic mass is 19.1. The maximum Gasteiger partial charge on any atom is 0.363 e. The Morgan fingerprint density at radius 3 is 2.68 bits per heavy atom. The van der Waals surface area contributed by atoms with Crippen molar-refractivity contribution >= 4 is 23.6 Å². The van der Waals surface area contributed by atoms with Gasteiger partial charge in [-0.05, 0) is 36.4 Å². The zero-order valence-electron chi connectivity index (χ0n) is 14.2. The predicted molar refractivity (Wildman–Crippen MR) is 97.8 cm³/mol. The van der Waals surface area contributed by atoms with Crippen molar-refractivity contribution in [1.29, 1.82) is 0 Å². The van der Waals surface area contributed by atoms with Crippen LogP contribution in [0.5, 0.6) is 0 Å². The van der Waals surface area contributed by atoms with Crippen molar-refractivity contribution in [3.8, 4) is 11.3 Å². The molecule has 0 saturated carbocycles. The molecule has 4 rings (SSSR count). The predicted octanol–water partition coefficient (Wildman–Crippen LogP) is 4.34. The Kier molecular flexibility index (Phi) is 4.29. The van der Waals surface area contributed by atoms with Crippen molar-refractivity contribution < 1.29 is 23.3 Å². The van der Waals surface area contributed by atoms with Gasteiger partial charge in [-0.25, -0.2) is 14.2 Å². The topological polar surface area (TPSA) is 94.9 Å². The molecule has 1 aliphatic rings. The molecular weight excluding hydrogens is 367 g/mol. The number of nitro benzene ring substituents is 1. The van der Waals surface area contributed by atoms with Gasteiger partial charge in [-0.15, -0.1) is 0 Å². The molecule has 2 aromatic carbocycles. The summed E-state index contributed by atoms with van der Waals surface area (Å²) in [6, 6.07) is 14.8. The lowest BCUT2D eigenvalue weighted by molar-refractivity contribution is -0.384. The summed E-state index contributed by atoms with van der Waals surface area (Å²) in [7, 11) is 0. The number of nitro groups is 1. The third kappa shape index (κ3) is 3.30. The van der Waals surface area contributed by atoms with Crippen LogP contribution in [-0.4, -0.2) is 16.8 Å². The first-order chi connectivity index (χ1) is 13.5. The maximum atomic E-state index is 13.3. The number of nitrogens with zero attached hydrogens (tertiary/aromatic N) is 2. The fourth-order valence-electron chi connectivity index (χ4n) is 2.71. The van der Waals surface area contributed by atoms with Crippen molar-refractivity contribution in [3.63, 3.8) is 0 Å². The lowest BCUT2D eigenvalue weighted by atomic mass is 10.1. The fraction of sp³-hybridized carbons (Fsp3) is 0. The Labute approximate surface area is 157 Å². The molecule has 0 N–H and O–H groups in total. The van der Waals surface area contributed by atoms with E-state index in [0.29, 0.717) is 11.1 Å². The molecular formula is C20H11FN2O5. The minimum Gasteiger partial charge on any atom is -0.456 e. The molecule has 1 aromatic heterocycles. The molecule has 0 atom stereocenters. The molecule has 0 amide bonds. The van der Waals surface area contributed by atoms with Gasteiger partial charge in [-0.3, -0.25) is 10.1 Å². The number of halogens is 1. The van der Waals surface area contributed by atoms with Crippen LogP contribution in [0.4, 0.5) is 10.1 Å². The number of para-hydroxylation sites is 1. The van der Waals surface area contributed by atoms with Crippen molar-refractivity contribution in [2.45, 2.75) is 0 Å². The lowest BCUT2D eigenvalue weighted by Crippen LogP contribution is -2.05. The second-order valence-corrected chi connectivity index (χ2v) is 5.82. The largest absolute Gasteiger partial charge is 0.456 e. The molecule has 2 heterocycles. The van der Waals surface area contributed by atoms with Crippen LogP contribution < -0.4 is 0 Å².